The van der Waals surface area contributed by atoms with E-state index in [4.69, 9.17) is 11.6 Å². The summed E-state index contributed by atoms with van der Waals surface area (Å²) in [5.74, 6) is 0. The van der Waals surface area contributed by atoms with Gasteiger partial charge in [0.15, 0.2) is 0 Å². The van der Waals surface area contributed by atoms with Crippen molar-refractivity contribution in [2.75, 3.05) is 0 Å². The Kier molecular flexibility index (Phi) is 2.99. The molecule has 3 nitrogen and oxygen atoms in total. The fourth-order valence-electron chi connectivity index (χ4n) is 1.71. The van der Waals surface area contributed by atoms with Crippen LogP contribution < -0.4 is 0 Å². The summed E-state index contributed by atoms with van der Waals surface area (Å²) >= 11 is 5.80. The van der Waals surface area contributed by atoms with Gasteiger partial charge in [-0.3, -0.25) is 4.68 Å². The first kappa shape index (κ1) is 11.2. The van der Waals surface area contributed by atoms with Crippen LogP contribution >= 0.6 is 11.6 Å². The molecule has 2 aromatic rings. The normalized spacial score (nSPS) is 12.8. The molecular formula is C12H13ClN2O. The van der Waals surface area contributed by atoms with Gasteiger partial charge in [-0.2, -0.15) is 5.10 Å². The maximum Gasteiger partial charge on any atom is 0.107 e. The highest BCUT2D eigenvalue weighted by Crippen LogP contribution is 2.24. The van der Waals surface area contributed by atoms with Crippen molar-refractivity contribution in [2.45, 2.75) is 13.0 Å². The Morgan fingerprint density at radius 2 is 1.94 bits per heavy atom. The molecule has 1 aromatic carbocycles. The van der Waals surface area contributed by atoms with Gasteiger partial charge in [0.05, 0.1) is 5.69 Å². The minimum Gasteiger partial charge on any atom is -0.384 e. The zero-order chi connectivity index (χ0) is 11.7. The second kappa shape index (κ2) is 4.28. The van der Waals surface area contributed by atoms with Crippen molar-refractivity contribution in [1.82, 2.24) is 9.78 Å². The van der Waals surface area contributed by atoms with E-state index in [0.717, 1.165) is 16.8 Å². The molecular weight excluding hydrogens is 224 g/mol. The molecule has 0 aliphatic carbocycles. The first-order chi connectivity index (χ1) is 7.58. The zero-order valence-electron chi connectivity index (χ0n) is 9.18. The summed E-state index contributed by atoms with van der Waals surface area (Å²) < 4.78 is 1.70. The van der Waals surface area contributed by atoms with Crippen molar-refractivity contribution in [3.8, 4) is 0 Å². The minimum atomic E-state index is -0.647. The highest BCUT2D eigenvalue weighted by Gasteiger charge is 2.15. The molecule has 1 atom stereocenters. The van der Waals surface area contributed by atoms with E-state index in [2.05, 4.69) is 5.10 Å². The van der Waals surface area contributed by atoms with Crippen LogP contribution in [-0.4, -0.2) is 14.9 Å². The first-order valence-electron chi connectivity index (χ1n) is 5.01. The van der Waals surface area contributed by atoms with Gasteiger partial charge in [-0.1, -0.05) is 23.7 Å². The van der Waals surface area contributed by atoms with Crippen LogP contribution in [0.2, 0.25) is 5.02 Å². The molecule has 16 heavy (non-hydrogen) atoms. The monoisotopic (exact) mass is 236 g/mol. The van der Waals surface area contributed by atoms with Crippen LogP contribution in [-0.2, 0) is 7.05 Å². The number of benzene rings is 1. The Hall–Kier alpha value is -1.32. The average molecular weight is 237 g/mol. The number of hydrogen-bond acceptors (Lipinski definition) is 2. The lowest BCUT2D eigenvalue weighted by molar-refractivity contribution is 0.219. The van der Waals surface area contributed by atoms with E-state index in [1.807, 2.05) is 32.3 Å². The smallest absolute Gasteiger partial charge is 0.107 e. The molecule has 0 saturated carbocycles. The summed E-state index contributed by atoms with van der Waals surface area (Å²) in [5.41, 5.74) is 2.48. The van der Waals surface area contributed by atoms with Crippen LogP contribution in [0.1, 0.15) is 22.9 Å². The Balaban J connectivity index is 2.35. The summed E-state index contributed by atoms with van der Waals surface area (Å²) in [6.07, 6.45) is 1.18. The van der Waals surface area contributed by atoms with E-state index in [1.165, 1.54) is 0 Å². The van der Waals surface area contributed by atoms with E-state index in [1.54, 1.807) is 16.8 Å². The minimum absolute atomic E-state index is 0.647. The third-order valence-corrected chi connectivity index (χ3v) is 2.78. The molecule has 4 heteroatoms. The molecule has 0 amide bonds. The largest absolute Gasteiger partial charge is 0.384 e. The van der Waals surface area contributed by atoms with Gasteiger partial charge < -0.3 is 5.11 Å². The molecule has 0 radical (unpaired) electrons. The van der Waals surface area contributed by atoms with Crippen LogP contribution in [0.4, 0.5) is 0 Å². The Morgan fingerprint density at radius 3 is 2.44 bits per heavy atom. The van der Waals surface area contributed by atoms with Crippen molar-refractivity contribution in [2.24, 2.45) is 7.05 Å². The lowest BCUT2D eigenvalue weighted by Gasteiger charge is -2.09. The van der Waals surface area contributed by atoms with E-state index in [-0.39, 0.29) is 0 Å². The molecule has 0 aliphatic heterocycles. The number of aliphatic hydroxyl groups is 1. The average Bonchev–Trinajstić information content (AvgIpc) is 2.58. The first-order valence-corrected chi connectivity index (χ1v) is 5.39. The molecule has 2 rings (SSSR count). The summed E-state index contributed by atoms with van der Waals surface area (Å²) in [4.78, 5) is 0. The molecule has 1 heterocycles. The van der Waals surface area contributed by atoms with Gasteiger partial charge in [-0.05, 0) is 24.6 Å². The predicted octanol–water partition coefficient (Wildman–Crippen LogP) is 2.46. The van der Waals surface area contributed by atoms with Crippen LogP contribution in [0.5, 0.6) is 0 Å². The number of aliphatic hydroxyl groups excluding tert-OH is 1. The van der Waals surface area contributed by atoms with Gasteiger partial charge in [0.2, 0.25) is 0 Å². The molecule has 0 bridgehead atoms. The van der Waals surface area contributed by atoms with Gasteiger partial charge in [-0.15, -0.1) is 0 Å². The SMILES string of the molecule is Cc1nn(C)cc1C(O)c1ccc(Cl)cc1. The molecule has 1 unspecified atom stereocenters. The Morgan fingerprint density at radius 1 is 1.31 bits per heavy atom. The Labute approximate surface area is 99.3 Å². The fraction of sp³-hybridized carbons (Fsp3) is 0.250. The molecule has 0 saturated heterocycles. The number of hydrogen-bond donors (Lipinski definition) is 1. The quantitative estimate of drug-likeness (QED) is 0.870. The van der Waals surface area contributed by atoms with E-state index in [0.29, 0.717) is 5.02 Å². The van der Waals surface area contributed by atoms with Gasteiger partial charge in [0.25, 0.3) is 0 Å². The lowest BCUT2D eigenvalue weighted by Crippen LogP contribution is -1.99. The number of aromatic nitrogens is 2. The van der Waals surface area contributed by atoms with E-state index < -0.39 is 6.10 Å². The number of nitrogens with zero attached hydrogens (tertiary/aromatic N) is 2. The van der Waals surface area contributed by atoms with Crippen molar-refractivity contribution >= 4 is 11.6 Å². The van der Waals surface area contributed by atoms with Crippen LogP contribution in [0, 0.1) is 6.92 Å². The van der Waals surface area contributed by atoms with Gasteiger partial charge >= 0.3 is 0 Å². The molecule has 84 valence electrons. The predicted molar refractivity (Wildman–Crippen MR) is 63.5 cm³/mol. The molecule has 1 N–H and O–H groups in total. The van der Waals surface area contributed by atoms with Crippen LogP contribution in [0.3, 0.4) is 0 Å². The summed E-state index contributed by atoms with van der Waals surface area (Å²) in [6.45, 7) is 1.88. The second-order valence-electron chi connectivity index (χ2n) is 3.80. The Bertz CT molecular complexity index is 490. The molecule has 0 fully saturated rings. The summed E-state index contributed by atoms with van der Waals surface area (Å²) in [7, 11) is 1.84. The molecule has 0 spiro atoms. The third-order valence-electron chi connectivity index (χ3n) is 2.53. The maximum atomic E-state index is 10.2. The maximum absolute atomic E-state index is 10.2. The van der Waals surface area contributed by atoms with Crippen molar-refractivity contribution in [1.29, 1.82) is 0 Å². The number of aryl methyl sites for hydroxylation is 2. The molecule has 0 aliphatic rings. The summed E-state index contributed by atoms with van der Waals surface area (Å²) in [5, 5.41) is 15.1. The van der Waals surface area contributed by atoms with Crippen molar-refractivity contribution in [3.63, 3.8) is 0 Å². The third kappa shape index (κ3) is 2.10. The van der Waals surface area contributed by atoms with Crippen LogP contribution in [0.15, 0.2) is 30.5 Å². The van der Waals surface area contributed by atoms with E-state index in [9.17, 15) is 5.11 Å². The number of rotatable bonds is 2. The zero-order valence-corrected chi connectivity index (χ0v) is 9.94. The topological polar surface area (TPSA) is 38.0 Å². The lowest BCUT2D eigenvalue weighted by atomic mass is 10.0. The molecule has 1 aromatic heterocycles. The van der Waals surface area contributed by atoms with Crippen LogP contribution in [0.25, 0.3) is 0 Å². The van der Waals surface area contributed by atoms with Gasteiger partial charge in [0, 0.05) is 23.8 Å². The number of halogens is 1. The highest BCUT2D eigenvalue weighted by atomic mass is 35.5. The van der Waals surface area contributed by atoms with Crippen molar-refractivity contribution in [3.05, 3.63) is 52.3 Å². The van der Waals surface area contributed by atoms with Crippen molar-refractivity contribution < 1.29 is 5.11 Å². The van der Waals surface area contributed by atoms with Gasteiger partial charge in [-0.25, -0.2) is 0 Å². The van der Waals surface area contributed by atoms with E-state index >= 15 is 0 Å². The van der Waals surface area contributed by atoms with Gasteiger partial charge in [0.1, 0.15) is 6.10 Å². The summed E-state index contributed by atoms with van der Waals surface area (Å²) in [6, 6.07) is 7.18. The fourth-order valence-corrected chi connectivity index (χ4v) is 1.84. The second-order valence-corrected chi connectivity index (χ2v) is 4.23. The standard InChI is InChI=1S/C12H13ClN2O/c1-8-11(7-15(2)14-8)12(16)9-3-5-10(13)6-4-9/h3-7,12,16H,1-2H3. The highest BCUT2D eigenvalue weighted by molar-refractivity contribution is 6.30.